The molecule has 0 aromatic heterocycles. The van der Waals surface area contributed by atoms with Crippen molar-refractivity contribution >= 4 is 0 Å². The molecule has 0 aromatic rings. The normalized spacial score (nSPS) is 11.7. The van der Waals surface area contributed by atoms with Crippen molar-refractivity contribution in [1.29, 1.82) is 0 Å². The number of unbranched alkanes of at least 4 members (excludes halogenated alkanes) is 1. The van der Waals surface area contributed by atoms with Gasteiger partial charge in [-0.1, -0.05) is 105 Å². The van der Waals surface area contributed by atoms with Gasteiger partial charge in [-0.3, -0.25) is 0 Å². The molecule has 0 aliphatic heterocycles. The van der Waals surface area contributed by atoms with Gasteiger partial charge < -0.3 is 0 Å². The largest absolute Gasteiger partial charge is 0.0654 e. The topological polar surface area (TPSA) is 0 Å². The van der Waals surface area contributed by atoms with Crippen LogP contribution in [0.25, 0.3) is 0 Å². The highest BCUT2D eigenvalue weighted by Gasteiger charge is 2.09. The minimum atomic E-state index is 1.02. The van der Waals surface area contributed by atoms with Gasteiger partial charge in [0.05, 0.1) is 0 Å². The maximum Gasteiger partial charge on any atom is -0.0414 e. The van der Waals surface area contributed by atoms with Gasteiger partial charge in [-0.15, -0.1) is 0 Å². The van der Waals surface area contributed by atoms with Gasteiger partial charge in [0.2, 0.25) is 0 Å². The van der Waals surface area contributed by atoms with Crippen molar-refractivity contribution in [1.82, 2.24) is 0 Å². The standard InChI is InChI=1S/C18H38/c1-5-11-17(12-6-2)15-9-10-16-18(13-7-3)14-8-4/h17-18H,5-16H2,1-4H3. The van der Waals surface area contributed by atoms with Crippen LogP contribution in [-0.4, -0.2) is 0 Å². The molecule has 0 N–H and O–H groups in total. The molecule has 0 saturated heterocycles. The van der Waals surface area contributed by atoms with E-state index in [1.807, 2.05) is 0 Å². The Hall–Kier alpha value is 0. The minimum Gasteiger partial charge on any atom is -0.0654 e. The third kappa shape index (κ3) is 9.97. The molecule has 0 fully saturated rings. The molecule has 0 heterocycles. The molecule has 0 aliphatic carbocycles. The summed E-state index contributed by atoms with van der Waals surface area (Å²) in [4.78, 5) is 0. The molecule has 0 atom stereocenters. The smallest absolute Gasteiger partial charge is 0.0414 e. The zero-order chi connectivity index (χ0) is 13.6. The maximum absolute atomic E-state index is 2.33. The van der Waals surface area contributed by atoms with Crippen molar-refractivity contribution in [2.24, 2.45) is 11.8 Å². The molecule has 110 valence electrons. The summed E-state index contributed by atoms with van der Waals surface area (Å²) in [6, 6.07) is 0. The highest BCUT2D eigenvalue weighted by Crippen LogP contribution is 2.24. The van der Waals surface area contributed by atoms with Crippen LogP contribution in [0.4, 0.5) is 0 Å². The van der Waals surface area contributed by atoms with Crippen LogP contribution in [-0.2, 0) is 0 Å². The highest BCUT2D eigenvalue weighted by atomic mass is 14.1. The van der Waals surface area contributed by atoms with Gasteiger partial charge in [0.15, 0.2) is 0 Å². The molecule has 18 heavy (non-hydrogen) atoms. The Morgan fingerprint density at radius 2 is 0.722 bits per heavy atom. The average Bonchev–Trinajstić information content (AvgIpc) is 2.35. The molecule has 0 spiro atoms. The van der Waals surface area contributed by atoms with E-state index in [4.69, 9.17) is 0 Å². The molecule has 0 bridgehead atoms. The summed E-state index contributed by atoms with van der Waals surface area (Å²) in [7, 11) is 0. The molecule has 0 amide bonds. The van der Waals surface area contributed by atoms with Gasteiger partial charge in [0.25, 0.3) is 0 Å². The first-order valence-corrected chi connectivity index (χ1v) is 8.78. The third-order valence-electron chi connectivity index (χ3n) is 4.26. The lowest BCUT2D eigenvalue weighted by atomic mass is 9.89. The van der Waals surface area contributed by atoms with Crippen LogP contribution in [0.5, 0.6) is 0 Å². The van der Waals surface area contributed by atoms with E-state index >= 15 is 0 Å². The lowest BCUT2D eigenvalue weighted by Gasteiger charge is -2.17. The first-order chi connectivity index (χ1) is 8.78. The molecule has 0 saturated carbocycles. The van der Waals surface area contributed by atoms with Crippen molar-refractivity contribution < 1.29 is 0 Å². The summed E-state index contributed by atoms with van der Waals surface area (Å²) in [5.41, 5.74) is 0. The zero-order valence-electron chi connectivity index (χ0n) is 13.6. The molecular weight excluding hydrogens is 216 g/mol. The van der Waals surface area contributed by atoms with Crippen LogP contribution >= 0.6 is 0 Å². The second-order valence-electron chi connectivity index (χ2n) is 6.17. The van der Waals surface area contributed by atoms with Crippen LogP contribution in [0.3, 0.4) is 0 Å². The van der Waals surface area contributed by atoms with E-state index in [0.29, 0.717) is 0 Å². The lowest BCUT2D eigenvalue weighted by molar-refractivity contribution is 0.358. The molecule has 0 aromatic carbocycles. The summed E-state index contributed by atoms with van der Waals surface area (Å²) in [5, 5.41) is 0. The van der Waals surface area contributed by atoms with Gasteiger partial charge in [-0.25, -0.2) is 0 Å². The number of rotatable bonds is 13. The summed E-state index contributed by atoms with van der Waals surface area (Å²) in [5.74, 6) is 2.05. The van der Waals surface area contributed by atoms with E-state index in [2.05, 4.69) is 27.7 Å². The second kappa shape index (κ2) is 13.4. The summed E-state index contributed by atoms with van der Waals surface area (Å²) in [6.07, 6.45) is 17.3. The fraction of sp³-hybridized carbons (Fsp3) is 1.00. The molecule has 0 radical (unpaired) electrons. The van der Waals surface area contributed by atoms with Crippen LogP contribution in [0, 0.1) is 11.8 Å². The Labute approximate surface area is 117 Å². The van der Waals surface area contributed by atoms with Gasteiger partial charge in [0.1, 0.15) is 0 Å². The van der Waals surface area contributed by atoms with Gasteiger partial charge >= 0.3 is 0 Å². The van der Waals surface area contributed by atoms with Crippen molar-refractivity contribution in [2.45, 2.75) is 105 Å². The van der Waals surface area contributed by atoms with Crippen molar-refractivity contribution in [3.8, 4) is 0 Å². The predicted molar refractivity (Wildman–Crippen MR) is 85.1 cm³/mol. The third-order valence-corrected chi connectivity index (χ3v) is 4.26. The van der Waals surface area contributed by atoms with Crippen LogP contribution < -0.4 is 0 Å². The number of hydrogen-bond acceptors (Lipinski definition) is 0. The predicted octanol–water partition coefficient (Wildman–Crippen LogP) is 6.98. The monoisotopic (exact) mass is 254 g/mol. The van der Waals surface area contributed by atoms with E-state index in [1.54, 1.807) is 0 Å². The number of hydrogen-bond donors (Lipinski definition) is 0. The van der Waals surface area contributed by atoms with Gasteiger partial charge in [-0.2, -0.15) is 0 Å². The fourth-order valence-corrected chi connectivity index (χ4v) is 3.37. The SMILES string of the molecule is CCCC(CCC)CCCCC(CCC)CCC. The van der Waals surface area contributed by atoms with E-state index in [0.717, 1.165) is 11.8 Å². The Bertz CT molecular complexity index is 120. The van der Waals surface area contributed by atoms with E-state index in [-0.39, 0.29) is 0 Å². The Kier molecular flexibility index (Phi) is 13.4. The van der Waals surface area contributed by atoms with Crippen LogP contribution in [0.15, 0.2) is 0 Å². The molecule has 0 rings (SSSR count). The second-order valence-corrected chi connectivity index (χ2v) is 6.17. The van der Waals surface area contributed by atoms with Crippen molar-refractivity contribution in [2.75, 3.05) is 0 Å². The van der Waals surface area contributed by atoms with Crippen molar-refractivity contribution in [3.05, 3.63) is 0 Å². The van der Waals surface area contributed by atoms with Crippen LogP contribution in [0.1, 0.15) is 105 Å². The van der Waals surface area contributed by atoms with Crippen LogP contribution in [0.2, 0.25) is 0 Å². The average molecular weight is 255 g/mol. The van der Waals surface area contributed by atoms with E-state index in [9.17, 15) is 0 Å². The minimum absolute atomic E-state index is 1.02. The quantitative estimate of drug-likeness (QED) is 0.311. The first-order valence-electron chi connectivity index (χ1n) is 8.78. The van der Waals surface area contributed by atoms with Gasteiger partial charge in [0, 0.05) is 0 Å². The van der Waals surface area contributed by atoms with E-state index < -0.39 is 0 Å². The molecule has 0 heteroatoms. The molecule has 0 unspecified atom stereocenters. The first kappa shape index (κ1) is 18.0. The molecule has 0 nitrogen and oxygen atoms in total. The molecular formula is C18H38. The van der Waals surface area contributed by atoms with E-state index in [1.165, 1.54) is 77.0 Å². The Morgan fingerprint density at radius 1 is 0.444 bits per heavy atom. The Balaban J connectivity index is 3.66. The molecule has 0 aliphatic rings. The summed E-state index contributed by atoms with van der Waals surface area (Å²) in [6.45, 7) is 9.34. The van der Waals surface area contributed by atoms with Crippen molar-refractivity contribution in [3.63, 3.8) is 0 Å². The lowest BCUT2D eigenvalue weighted by Crippen LogP contribution is -2.02. The Morgan fingerprint density at radius 3 is 0.944 bits per heavy atom. The van der Waals surface area contributed by atoms with Gasteiger partial charge in [-0.05, 0) is 11.8 Å². The zero-order valence-corrected chi connectivity index (χ0v) is 13.6. The summed E-state index contributed by atoms with van der Waals surface area (Å²) < 4.78 is 0. The fourth-order valence-electron chi connectivity index (χ4n) is 3.37. The highest BCUT2D eigenvalue weighted by molar-refractivity contribution is 4.62. The summed E-state index contributed by atoms with van der Waals surface area (Å²) >= 11 is 0. The maximum atomic E-state index is 2.33.